The molecule has 0 fully saturated rings. The predicted molar refractivity (Wildman–Crippen MR) is 108 cm³/mol. The van der Waals surface area contributed by atoms with Crippen LogP contribution in [0.25, 0.3) is 0 Å². The molecule has 2 aromatic carbocycles. The molecule has 0 spiro atoms. The lowest BCUT2D eigenvalue weighted by atomic mass is 10.0. The Hall–Kier alpha value is -2.33. The average Bonchev–Trinajstić information content (AvgIpc) is 2.66. The molecule has 0 aromatic heterocycles. The van der Waals surface area contributed by atoms with Crippen LogP contribution in [0.15, 0.2) is 48.5 Å². The van der Waals surface area contributed by atoms with E-state index in [1.54, 1.807) is 0 Å². The van der Waals surface area contributed by atoms with Crippen LogP contribution in [0.1, 0.15) is 34.3 Å². The maximum atomic E-state index is 12.2. The second kappa shape index (κ2) is 8.86. The first-order chi connectivity index (χ1) is 12.6. The van der Waals surface area contributed by atoms with Crippen LogP contribution in [0.5, 0.6) is 0 Å². The van der Waals surface area contributed by atoms with Gasteiger partial charge in [-0.3, -0.25) is 4.79 Å². The van der Waals surface area contributed by atoms with Crippen molar-refractivity contribution in [2.24, 2.45) is 0 Å². The summed E-state index contributed by atoms with van der Waals surface area (Å²) in [6.07, 6.45) is 3.33. The minimum Gasteiger partial charge on any atom is -0.367 e. The van der Waals surface area contributed by atoms with Crippen LogP contribution >= 0.6 is 0 Å². The molecule has 1 aliphatic rings. The first kappa shape index (κ1) is 18.5. The van der Waals surface area contributed by atoms with Gasteiger partial charge >= 0.3 is 0 Å². The molecular formula is C22H29N3O. The largest absolute Gasteiger partial charge is 0.367 e. The Morgan fingerprint density at radius 2 is 1.88 bits per heavy atom. The highest BCUT2D eigenvalue weighted by molar-refractivity contribution is 5.94. The molecule has 1 heterocycles. The normalized spacial score (nSPS) is 13.6. The van der Waals surface area contributed by atoms with Gasteiger partial charge in [0, 0.05) is 30.9 Å². The summed E-state index contributed by atoms with van der Waals surface area (Å²) in [7, 11) is 4.09. The Kier molecular flexibility index (Phi) is 6.29. The highest BCUT2D eigenvalue weighted by atomic mass is 16.1. The Balaban J connectivity index is 1.56. The molecule has 0 aliphatic carbocycles. The number of anilines is 1. The summed E-state index contributed by atoms with van der Waals surface area (Å²) in [5.74, 6) is 0.0126. The van der Waals surface area contributed by atoms with Crippen molar-refractivity contribution in [2.45, 2.75) is 25.8 Å². The lowest BCUT2D eigenvalue weighted by molar-refractivity contribution is 0.0952. The van der Waals surface area contributed by atoms with Crippen LogP contribution in [0.2, 0.25) is 0 Å². The number of rotatable bonds is 7. The lowest BCUT2D eigenvalue weighted by Crippen LogP contribution is -2.29. The Bertz CT molecular complexity index is 724. The molecule has 2 aromatic rings. The van der Waals surface area contributed by atoms with E-state index in [9.17, 15) is 4.79 Å². The van der Waals surface area contributed by atoms with Crippen molar-refractivity contribution in [1.82, 2.24) is 10.2 Å². The summed E-state index contributed by atoms with van der Waals surface area (Å²) in [6, 6.07) is 16.7. The smallest absolute Gasteiger partial charge is 0.251 e. The third-order valence-electron chi connectivity index (χ3n) is 4.86. The van der Waals surface area contributed by atoms with Gasteiger partial charge in [-0.05, 0) is 69.2 Å². The predicted octanol–water partition coefficient (Wildman–Crippen LogP) is 3.32. The number of nitrogens with one attached hydrogen (secondary N) is 1. The molecular weight excluding hydrogens is 322 g/mol. The second-order valence-electron chi connectivity index (χ2n) is 7.26. The van der Waals surface area contributed by atoms with E-state index >= 15 is 0 Å². The van der Waals surface area contributed by atoms with Gasteiger partial charge in [-0.2, -0.15) is 0 Å². The number of benzene rings is 2. The zero-order valence-corrected chi connectivity index (χ0v) is 15.9. The van der Waals surface area contributed by atoms with Gasteiger partial charge in [0.2, 0.25) is 0 Å². The van der Waals surface area contributed by atoms with Gasteiger partial charge < -0.3 is 15.1 Å². The number of amides is 1. The molecule has 0 unspecified atom stereocenters. The van der Waals surface area contributed by atoms with Gasteiger partial charge in [0.15, 0.2) is 0 Å². The van der Waals surface area contributed by atoms with E-state index in [0.717, 1.165) is 31.6 Å². The number of hydrogen-bond acceptors (Lipinski definition) is 3. The number of nitrogens with zero attached hydrogens (tertiary/aromatic N) is 2. The van der Waals surface area contributed by atoms with Crippen LogP contribution < -0.4 is 10.2 Å². The van der Waals surface area contributed by atoms with Gasteiger partial charge in [0.1, 0.15) is 0 Å². The van der Waals surface area contributed by atoms with Gasteiger partial charge in [0.05, 0.1) is 0 Å². The van der Waals surface area contributed by atoms with E-state index < -0.39 is 0 Å². The second-order valence-corrected chi connectivity index (χ2v) is 7.26. The van der Waals surface area contributed by atoms with E-state index in [1.807, 2.05) is 26.2 Å². The molecule has 1 amide bonds. The van der Waals surface area contributed by atoms with Crippen LogP contribution in [0.4, 0.5) is 5.69 Å². The monoisotopic (exact) mass is 351 g/mol. The topological polar surface area (TPSA) is 35.6 Å². The Morgan fingerprint density at radius 1 is 1.12 bits per heavy atom. The van der Waals surface area contributed by atoms with Crippen LogP contribution in [0.3, 0.4) is 0 Å². The van der Waals surface area contributed by atoms with Crippen molar-refractivity contribution >= 4 is 11.6 Å². The summed E-state index contributed by atoms with van der Waals surface area (Å²) >= 11 is 0. The fourth-order valence-electron chi connectivity index (χ4n) is 3.46. The zero-order chi connectivity index (χ0) is 18.4. The van der Waals surface area contributed by atoms with E-state index in [0.29, 0.717) is 6.54 Å². The number of hydrogen-bond donors (Lipinski definition) is 1. The molecule has 1 N–H and O–H groups in total. The third kappa shape index (κ3) is 4.85. The zero-order valence-electron chi connectivity index (χ0n) is 15.9. The summed E-state index contributed by atoms with van der Waals surface area (Å²) in [5.41, 5.74) is 4.76. The lowest BCUT2D eigenvalue weighted by Gasteiger charge is -2.31. The minimum atomic E-state index is 0.0126. The molecule has 0 radical (unpaired) electrons. The Labute approximate surface area is 156 Å². The van der Waals surface area contributed by atoms with E-state index in [-0.39, 0.29) is 5.91 Å². The molecule has 26 heavy (non-hydrogen) atoms. The fraction of sp³-hybridized carbons (Fsp3) is 0.409. The average molecular weight is 351 g/mol. The van der Waals surface area contributed by atoms with Crippen LogP contribution in [0, 0.1) is 0 Å². The maximum Gasteiger partial charge on any atom is 0.251 e. The standard InChI is InChI=1S/C22H29N3O/c1-24(2)15-6-14-23-22(26)20-12-10-18(11-13-20)17-25-16-5-8-19-7-3-4-9-21(19)25/h3-4,7,9-13H,5-6,8,14-17H2,1-2H3,(H,23,26). The minimum absolute atomic E-state index is 0.0126. The summed E-state index contributed by atoms with van der Waals surface area (Å²) in [4.78, 5) is 16.8. The molecule has 138 valence electrons. The molecule has 0 saturated carbocycles. The first-order valence-corrected chi connectivity index (χ1v) is 9.48. The molecule has 4 nitrogen and oxygen atoms in total. The van der Waals surface area contributed by atoms with Crippen molar-refractivity contribution in [3.05, 3.63) is 65.2 Å². The summed E-state index contributed by atoms with van der Waals surface area (Å²) in [6.45, 7) is 3.67. The SMILES string of the molecule is CN(C)CCCNC(=O)c1ccc(CN2CCCc3ccccc32)cc1. The van der Waals surface area contributed by atoms with Crippen LogP contribution in [-0.4, -0.2) is 44.5 Å². The molecule has 3 rings (SSSR count). The molecule has 4 heteroatoms. The molecule has 0 bridgehead atoms. The van der Waals surface area contributed by atoms with Gasteiger partial charge in [-0.15, -0.1) is 0 Å². The van der Waals surface area contributed by atoms with Crippen molar-refractivity contribution < 1.29 is 4.79 Å². The van der Waals surface area contributed by atoms with Crippen molar-refractivity contribution in [2.75, 3.05) is 38.6 Å². The van der Waals surface area contributed by atoms with E-state index in [1.165, 1.54) is 29.7 Å². The number of fused-ring (bicyclic) bond motifs is 1. The van der Waals surface area contributed by atoms with Gasteiger partial charge in [-0.25, -0.2) is 0 Å². The third-order valence-corrected chi connectivity index (χ3v) is 4.86. The summed E-state index contributed by atoms with van der Waals surface area (Å²) in [5, 5.41) is 2.99. The van der Waals surface area contributed by atoms with E-state index in [4.69, 9.17) is 0 Å². The van der Waals surface area contributed by atoms with Crippen molar-refractivity contribution in [1.29, 1.82) is 0 Å². The summed E-state index contributed by atoms with van der Waals surface area (Å²) < 4.78 is 0. The molecule has 0 saturated heterocycles. The highest BCUT2D eigenvalue weighted by Gasteiger charge is 2.16. The first-order valence-electron chi connectivity index (χ1n) is 9.48. The highest BCUT2D eigenvalue weighted by Crippen LogP contribution is 2.28. The van der Waals surface area contributed by atoms with Crippen LogP contribution in [-0.2, 0) is 13.0 Å². The van der Waals surface area contributed by atoms with Crippen molar-refractivity contribution in [3.63, 3.8) is 0 Å². The molecule has 1 aliphatic heterocycles. The van der Waals surface area contributed by atoms with Gasteiger partial charge in [0.25, 0.3) is 5.91 Å². The van der Waals surface area contributed by atoms with Crippen molar-refractivity contribution in [3.8, 4) is 0 Å². The fourth-order valence-corrected chi connectivity index (χ4v) is 3.46. The maximum absolute atomic E-state index is 12.2. The Morgan fingerprint density at radius 3 is 2.65 bits per heavy atom. The molecule has 0 atom stereocenters. The van der Waals surface area contributed by atoms with E-state index in [2.05, 4.69) is 51.5 Å². The number of aryl methyl sites for hydroxylation is 1. The number of carbonyl (C=O) groups is 1. The quantitative estimate of drug-likeness (QED) is 0.777. The number of carbonyl (C=O) groups excluding carboxylic acids is 1. The number of para-hydroxylation sites is 1. The van der Waals surface area contributed by atoms with Gasteiger partial charge in [-0.1, -0.05) is 30.3 Å².